The first-order valence-corrected chi connectivity index (χ1v) is 6.13. The van der Waals surface area contributed by atoms with E-state index in [0.29, 0.717) is 16.3 Å². The normalized spacial score (nSPS) is 12.5. The maximum absolute atomic E-state index is 11.1. The molecule has 2 N–H and O–H groups in total. The lowest BCUT2D eigenvalue weighted by atomic mass is 10.1. The smallest absolute Gasteiger partial charge is 0.159 e. The highest BCUT2D eigenvalue weighted by Crippen LogP contribution is 2.28. The van der Waals surface area contributed by atoms with E-state index in [4.69, 9.17) is 16.7 Å². The summed E-state index contributed by atoms with van der Waals surface area (Å²) >= 11 is 7.33. The fourth-order valence-corrected chi connectivity index (χ4v) is 2.26. The van der Waals surface area contributed by atoms with E-state index in [9.17, 15) is 9.90 Å². The van der Waals surface area contributed by atoms with Gasteiger partial charge >= 0.3 is 0 Å². The maximum atomic E-state index is 11.1. The van der Waals surface area contributed by atoms with Gasteiger partial charge in [0.15, 0.2) is 5.78 Å². The van der Waals surface area contributed by atoms with Gasteiger partial charge in [-0.05, 0) is 19.1 Å². The molecule has 1 rings (SSSR count). The number of hydrogen-bond donors (Lipinski definition) is 2. The summed E-state index contributed by atoms with van der Waals surface area (Å²) in [7, 11) is 0. The number of carbonyl (C=O) groups excluding carboxylic acids is 1. The number of benzene rings is 1. The van der Waals surface area contributed by atoms with Gasteiger partial charge in [0.2, 0.25) is 0 Å². The van der Waals surface area contributed by atoms with E-state index in [1.807, 2.05) is 0 Å². The highest BCUT2D eigenvalue weighted by atomic mass is 35.5. The largest absolute Gasteiger partial charge is 0.394 e. The molecule has 1 aromatic carbocycles. The van der Waals surface area contributed by atoms with Crippen molar-refractivity contribution in [1.82, 2.24) is 0 Å². The molecule has 0 amide bonds. The Morgan fingerprint density at radius 2 is 2.25 bits per heavy atom. The summed E-state index contributed by atoms with van der Waals surface area (Å²) in [5.74, 6) is 0.337. The molecule has 0 aromatic heterocycles. The molecule has 0 radical (unpaired) electrons. The molecule has 0 heterocycles. The quantitative estimate of drug-likeness (QED) is 0.628. The lowest BCUT2D eigenvalue weighted by molar-refractivity contribution is 0.101. The Kier molecular flexibility index (Phi) is 5.28. The van der Waals surface area contributed by atoms with E-state index in [2.05, 4.69) is 0 Å². The molecule has 1 atom stereocenters. The van der Waals surface area contributed by atoms with Crippen molar-refractivity contribution in [1.29, 1.82) is 0 Å². The molecule has 0 aliphatic carbocycles. The summed E-state index contributed by atoms with van der Waals surface area (Å²) in [4.78, 5) is 11.9. The molecular weight excluding hydrogens is 248 g/mol. The van der Waals surface area contributed by atoms with E-state index < -0.39 is 6.10 Å². The highest BCUT2D eigenvalue weighted by molar-refractivity contribution is 7.99. The average molecular weight is 261 g/mol. The van der Waals surface area contributed by atoms with Crippen molar-refractivity contribution in [3.63, 3.8) is 0 Å². The minimum atomic E-state index is -0.756. The third kappa shape index (κ3) is 3.79. The van der Waals surface area contributed by atoms with Gasteiger partial charge in [0.05, 0.1) is 17.7 Å². The Hall–Kier alpha value is -0.550. The Morgan fingerprint density at radius 1 is 1.56 bits per heavy atom. The number of hydrogen-bond acceptors (Lipinski definition) is 4. The minimum Gasteiger partial charge on any atom is -0.394 e. The molecule has 88 valence electrons. The highest BCUT2D eigenvalue weighted by Gasteiger charge is 2.08. The summed E-state index contributed by atoms with van der Waals surface area (Å²) in [5.41, 5.74) is 0.567. The van der Waals surface area contributed by atoms with Crippen LogP contribution >= 0.6 is 23.4 Å². The molecule has 0 saturated carbocycles. The van der Waals surface area contributed by atoms with E-state index in [1.165, 1.54) is 18.7 Å². The first kappa shape index (κ1) is 13.5. The van der Waals surface area contributed by atoms with Crippen LogP contribution in [0.5, 0.6) is 0 Å². The molecule has 3 nitrogen and oxygen atoms in total. The molecule has 5 heteroatoms. The van der Waals surface area contributed by atoms with Crippen molar-refractivity contribution in [2.24, 2.45) is 0 Å². The molecule has 0 spiro atoms. The monoisotopic (exact) mass is 260 g/mol. The Balaban J connectivity index is 2.72. The topological polar surface area (TPSA) is 57.5 Å². The van der Waals surface area contributed by atoms with E-state index in [1.54, 1.807) is 18.2 Å². The van der Waals surface area contributed by atoms with Crippen LogP contribution in [-0.4, -0.2) is 34.5 Å². The molecule has 0 bridgehead atoms. The summed E-state index contributed by atoms with van der Waals surface area (Å²) in [5, 5.41) is 18.3. The molecule has 0 aliphatic rings. The van der Waals surface area contributed by atoms with Crippen LogP contribution < -0.4 is 0 Å². The Labute approximate surface area is 103 Å². The first-order valence-electron chi connectivity index (χ1n) is 4.76. The summed E-state index contributed by atoms with van der Waals surface area (Å²) in [6.45, 7) is 1.21. The van der Waals surface area contributed by atoms with Crippen LogP contribution in [0.25, 0.3) is 0 Å². The number of halogens is 1. The second-order valence-electron chi connectivity index (χ2n) is 3.35. The van der Waals surface area contributed by atoms with Gasteiger partial charge in [-0.15, -0.1) is 11.8 Å². The van der Waals surface area contributed by atoms with Crippen LogP contribution in [0.1, 0.15) is 17.3 Å². The van der Waals surface area contributed by atoms with E-state index >= 15 is 0 Å². The molecule has 0 fully saturated rings. The number of thioether (sulfide) groups is 1. The fraction of sp³-hybridized carbons (Fsp3) is 0.364. The molecular formula is C11H13ClO3S. The first-order chi connectivity index (χ1) is 7.54. The summed E-state index contributed by atoms with van der Waals surface area (Å²) in [6.07, 6.45) is -0.756. The predicted molar refractivity (Wildman–Crippen MR) is 65.3 cm³/mol. The standard InChI is InChI=1S/C11H13ClO3S/c1-7(14)8-2-3-11(10(12)4-8)16-6-9(15)5-13/h2-4,9,13,15H,5-6H2,1H3. The van der Waals surface area contributed by atoms with E-state index in [-0.39, 0.29) is 12.4 Å². The number of rotatable bonds is 5. The van der Waals surface area contributed by atoms with Gasteiger partial charge in [0.1, 0.15) is 0 Å². The van der Waals surface area contributed by atoms with Gasteiger partial charge < -0.3 is 10.2 Å². The van der Waals surface area contributed by atoms with Crippen LogP contribution in [0.2, 0.25) is 5.02 Å². The second-order valence-corrected chi connectivity index (χ2v) is 4.82. The zero-order chi connectivity index (χ0) is 12.1. The van der Waals surface area contributed by atoms with Crippen molar-refractivity contribution < 1.29 is 15.0 Å². The van der Waals surface area contributed by atoms with Crippen LogP contribution in [0.3, 0.4) is 0 Å². The Bertz CT molecular complexity index is 381. The molecule has 16 heavy (non-hydrogen) atoms. The third-order valence-electron chi connectivity index (χ3n) is 1.98. The van der Waals surface area contributed by atoms with Gasteiger partial charge in [-0.1, -0.05) is 17.7 Å². The van der Waals surface area contributed by atoms with Gasteiger partial charge in [0, 0.05) is 16.2 Å². The number of Topliss-reactive ketones (excluding diaryl/α,β-unsaturated/α-hetero) is 1. The Morgan fingerprint density at radius 3 is 2.75 bits per heavy atom. The average Bonchev–Trinajstić information content (AvgIpc) is 2.26. The minimum absolute atomic E-state index is 0.0335. The van der Waals surface area contributed by atoms with Crippen molar-refractivity contribution in [2.45, 2.75) is 17.9 Å². The maximum Gasteiger partial charge on any atom is 0.159 e. The number of aliphatic hydroxyl groups is 2. The predicted octanol–water partition coefficient (Wildman–Crippen LogP) is 1.99. The van der Waals surface area contributed by atoms with Crippen LogP contribution in [-0.2, 0) is 0 Å². The molecule has 1 aromatic rings. The summed E-state index contributed by atoms with van der Waals surface area (Å²) in [6, 6.07) is 5.05. The molecule has 1 unspecified atom stereocenters. The van der Waals surface area contributed by atoms with Crippen LogP contribution in [0.15, 0.2) is 23.1 Å². The SMILES string of the molecule is CC(=O)c1ccc(SCC(O)CO)c(Cl)c1. The zero-order valence-corrected chi connectivity index (χ0v) is 10.4. The molecule has 0 aliphatic heterocycles. The third-order valence-corrected chi connectivity index (χ3v) is 3.62. The van der Waals surface area contributed by atoms with Crippen molar-refractivity contribution in [3.05, 3.63) is 28.8 Å². The van der Waals surface area contributed by atoms with Crippen LogP contribution in [0, 0.1) is 0 Å². The number of ketones is 1. The van der Waals surface area contributed by atoms with Gasteiger partial charge in [-0.25, -0.2) is 0 Å². The lowest BCUT2D eigenvalue weighted by Crippen LogP contribution is -2.14. The van der Waals surface area contributed by atoms with Crippen LogP contribution in [0.4, 0.5) is 0 Å². The van der Waals surface area contributed by atoms with E-state index in [0.717, 1.165) is 4.90 Å². The fourth-order valence-electron chi connectivity index (χ4n) is 1.08. The number of carbonyl (C=O) groups is 1. The zero-order valence-electron chi connectivity index (χ0n) is 8.81. The van der Waals surface area contributed by atoms with Crippen molar-refractivity contribution in [2.75, 3.05) is 12.4 Å². The van der Waals surface area contributed by atoms with Crippen molar-refractivity contribution in [3.8, 4) is 0 Å². The van der Waals surface area contributed by atoms with Gasteiger partial charge in [0.25, 0.3) is 0 Å². The van der Waals surface area contributed by atoms with Gasteiger partial charge in [-0.3, -0.25) is 4.79 Å². The second kappa shape index (κ2) is 6.25. The molecule has 0 saturated heterocycles. The van der Waals surface area contributed by atoms with Crippen molar-refractivity contribution >= 4 is 29.1 Å². The van der Waals surface area contributed by atoms with Gasteiger partial charge in [-0.2, -0.15) is 0 Å². The summed E-state index contributed by atoms with van der Waals surface area (Å²) < 4.78 is 0. The lowest BCUT2D eigenvalue weighted by Gasteiger charge is -2.08. The number of aliphatic hydroxyl groups excluding tert-OH is 2.